The molecule has 3 heterocycles. The van der Waals surface area contributed by atoms with E-state index in [0.717, 1.165) is 33.5 Å². The quantitative estimate of drug-likeness (QED) is 0.336. The highest BCUT2D eigenvalue weighted by molar-refractivity contribution is 6.17. The number of nitrogens with zero attached hydrogens (tertiary/aromatic N) is 4. The molecule has 30 heavy (non-hydrogen) atoms. The molecule has 0 bridgehead atoms. The first-order valence-electron chi connectivity index (χ1n) is 10.2. The molecule has 0 N–H and O–H groups in total. The molecule has 7 aromatic rings. The number of hydrogen-bond acceptors (Lipinski definition) is 1. The number of aryl methyl sites for hydroxylation is 1. The standard InChI is InChI=1S/C26H18N4/c1-28-21-12-6-5-11-18(21)19-15-16-20-25(24(19)28)30-23-14-8-7-13-22(23)29(26(30)27-20)17-9-3-2-4-10-17/h2-16H,1H3. The largest absolute Gasteiger partial charge is 0.342 e. The van der Waals surface area contributed by atoms with Gasteiger partial charge in [0, 0.05) is 29.0 Å². The lowest BCUT2D eigenvalue weighted by Gasteiger charge is -2.04. The first-order valence-corrected chi connectivity index (χ1v) is 10.2. The van der Waals surface area contributed by atoms with E-state index in [0.29, 0.717) is 0 Å². The van der Waals surface area contributed by atoms with Crippen molar-refractivity contribution in [1.29, 1.82) is 0 Å². The molecule has 0 aliphatic carbocycles. The van der Waals surface area contributed by atoms with Gasteiger partial charge in [0.1, 0.15) is 0 Å². The molecule has 4 heteroatoms. The van der Waals surface area contributed by atoms with Crippen LogP contribution in [0.15, 0.2) is 91.0 Å². The third-order valence-corrected chi connectivity index (χ3v) is 6.24. The Bertz CT molecular complexity index is 1750. The van der Waals surface area contributed by atoms with Gasteiger partial charge in [-0.05, 0) is 42.5 Å². The maximum Gasteiger partial charge on any atom is 0.220 e. The third kappa shape index (κ3) is 1.83. The lowest BCUT2D eigenvalue weighted by molar-refractivity contribution is 1.02. The maximum absolute atomic E-state index is 5.10. The van der Waals surface area contributed by atoms with Crippen molar-refractivity contribution in [3.05, 3.63) is 91.0 Å². The van der Waals surface area contributed by atoms with E-state index in [2.05, 4.69) is 106 Å². The molecular formula is C26H18N4. The Kier molecular flexibility index (Phi) is 2.91. The Morgan fingerprint density at radius 1 is 0.600 bits per heavy atom. The van der Waals surface area contributed by atoms with Crippen LogP contribution in [0.1, 0.15) is 0 Å². The number of para-hydroxylation sites is 4. The average molecular weight is 386 g/mol. The first-order chi connectivity index (χ1) is 14.8. The van der Waals surface area contributed by atoms with Crippen LogP contribution in [0.4, 0.5) is 0 Å². The van der Waals surface area contributed by atoms with E-state index in [4.69, 9.17) is 4.98 Å². The number of rotatable bonds is 1. The van der Waals surface area contributed by atoms with E-state index < -0.39 is 0 Å². The van der Waals surface area contributed by atoms with Gasteiger partial charge in [-0.3, -0.25) is 8.97 Å². The van der Waals surface area contributed by atoms with Gasteiger partial charge < -0.3 is 4.57 Å². The Labute approximate surface area is 172 Å². The van der Waals surface area contributed by atoms with Gasteiger partial charge in [0.15, 0.2) is 0 Å². The van der Waals surface area contributed by atoms with Crippen LogP contribution in [0.3, 0.4) is 0 Å². The van der Waals surface area contributed by atoms with Crippen molar-refractivity contribution in [2.75, 3.05) is 0 Å². The second-order valence-electron chi connectivity index (χ2n) is 7.81. The monoisotopic (exact) mass is 386 g/mol. The molecule has 7 rings (SSSR count). The predicted molar refractivity (Wildman–Crippen MR) is 124 cm³/mol. The summed E-state index contributed by atoms with van der Waals surface area (Å²) in [4.78, 5) is 5.10. The van der Waals surface area contributed by atoms with E-state index in [9.17, 15) is 0 Å². The zero-order chi connectivity index (χ0) is 19.8. The zero-order valence-corrected chi connectivity index (χ0v) is 16.4. The van der Waals surface area contributed by atoms with Crippen LogP contribution in [0.2, 0.25) is 0 Å². The van der Waals surface area contributed by atoms with E-state index in [-0.39, 0.29) is 0 Å². The highest BCUT2D eigenvalue weighted by Crippen LogP contribution is 2.36. The lowest BCUT2D eigenvalue weighted by Crippen LogP contribution is -1.94. The highest BCUT2D eigenvalue weighted by Gasteiger charge is 2.20. The van der Waals surface area contributed by atoms with Crippen LogP contribution in [-0.4, -0.2) is 18.5 Å². The van der Waals surface area contributed by atoms with Crippen LogP contribution in [-0.2, 0) is 7.05 Å². The minimum Gasteiger partial charge on any atom is -0.342 e. The second kappa shape index (κ2) is 5.51. The molecule has 4 nitrogen and oxygen atoms in total. The van der Waals surface area contributed by atoms with Crippen molar-refractivity contribution >= 4 is 49.7 Å². The van der Waals surface area contributed by atoms with E-state index >= 15 is 0 Å². The van der Waals surface area contributed by atoms with Gasteiger partial charge in [-0.15, -0.1) is 0 Å². The lowest BCUT2D eigenvalue weighted by atomic mass is 10.1. The molecular weight excluding hydrogens is 368 g/mol. The minimum absolute atomic E-state index is 0.940. The van der Waals surface area contributed by atoms with Crippen molar-refractivity contribution in [3.8, 4) is 5.69 Å². The number of aromatic nitrogens is 4. The number of hydrogen-bond donors (Lipinski definition) is 0. The molecule has 0 aliphatic heterocycles. The van der Waals surface area contributed by atoms with Gasteiger partial charge in [0.05, 0.1) is 27.6 Å². The fraction of sp³-hybridized carbons (Fsp3) is 0.0385. The van der Waals surface area contributed by atoms with Crippen molar-refractivity contribution in [3.63, 3.8) is 0 Å². The maximum atomic E-state index is 5.10. The van der Waals surface area contributed by atoms with E-state index in [1.54, 1.807) is 0 Å². The Morgan fingerprint density at radius 3 is 2.13 bits per heavy atom. The molecule has 0 spiro atoms. The molecule has 0 fully saturated rings. The molecule has 0 amide bonds. The molecule has 142 valence electrons. The van der Waals surface area contributed by atoms with Crippen LogP contribution in [0.25, 0.3) is 55.3 Å². The van der Waals surface area contributed by atoms with Crippen molar-refractivity contribution in [2.24, 2.45) is 7.05 Å². The first kappa shape index (κ1) is 15.8. The summed E-state index contributed by atoms with van der Waals surface area (Å²) in [6.45, 7) is 0. The van der Waals surface area contributed by atoms with Crippen LogP contribution in [0.5, 0.6) is 0 Å². The highest BCUT2D eigenvalue weighted by atomic mass is 15.2. The van der Waals surface area contributed by atoms with Gasteiger partial charge in [-0.25, -0.2) is 4.98 Å². The summed E-state index contributed by atoms with van der Waals surface area (Å²) in [5.41, 5.74) is 8.07. The summed E-state index contributed by atoms with van der Waals surface area (Å²) >= 11 is 0. The summed E-state index contributed by atoms with van der Waals surface area (Å²) in [7, 11) is 2.15. The number of imidazole rings is 2. The molecule has 0 saturated heterocycles. The van der Waals surface area contributed by atoms with Gasteiger partial charge in [-0.1, -0.05) is 48.5 Å². The fourth-order valence-electron chi connectivity index (χ4n) is 4.97. The summed E-state index contributed by atoms with van der Waals surface area (Å²) in [6.07, 6.45) is 0. The molecule has 3 aromatic heterocycles. The molecule has 4 aromatic carbocycles. The molecule has 0 atom stereocenters. The van der Waals surface area contributed by atoms with Crippen molar-refractivity contribution in [1.82, 2.24) is 18.5 Å². The SMILES string of the molecule is Cn1c2ccccc2c2ccc3nc4n(-c5ccccc5)c5ccccc5n4c3c21. The zero-order valence-electron chi connectivity index (χ0n) is 16.4. The van der Waals surface area contributed by atoms with Gasteiger partial charge >= 0.3 is 0 Å². The Balaban J connectivity index is 1.78. The average Bonchev–Trinajstić information content (AvgIpc) is 3.42. The Hall–Kier alpha value is -4.05. The molecule has 0 aliphatic rings. The summed E-state index contributed by atoms with van der Waals surface area (Å²) in [5.74, 6) is 0.940. The van der Waals surface area contributed by atoms with Gasteiger partial charge in [0.25, 0.3) is 0 Å². The summed E-state index contributed by atoms with van der Waals surface area (Å²) in [6, 6.07) is 32.0. The summed E-state index contributed by atoms with van der Waals surface area (Å²) in [5, 5.41) is 2.54. The third-order valence-electron chi connectivity index (χ3n) is 6.24. The Morgan fingerprint density at radius 2 is 1.30 bits per heavy atom. The molecule has 0 radical (unpaired) electrons. The van der Waals surface area contributed by atoms with Crippen molar-refractivity contribution in [2.45, 2.75) is 0 Å². The van der Waals surface area contributed by atoms with Crippen LogP contribution in [0, 0.1) is 0 Å². The van der Waals surface area contributed by atoms with Crippen LogP contribution < -0.4 is 0 Å². The molecule has 0 unspecified atom stereocenters. The predicted octanol–water partition coefficient (Wildman–Crippen LogP) is 6.08. The fourth-order valence-corrected chi connectivity index (χ4v) is 4.97. The number of fused-ring (bicyclic) bond motifs is 9. The smallest absolute Gasteiger partial charge is 0.220 e. The van der Waals surface area contributed by atoms with Crippen LogP contribution >= 0.6 is 0 Å². The van der Waals surface area contributed by atoms with Crippen molar-refractivity contribution < 1.29 is 0 Å². The van der Waals surface area contributed by atoms with E-state index in [1.807, 2.05) is 6.07 Å². The summed E-state index contributed by atoms with van der Waals surface area (Å²) < 4.78 is 6.87. The second-order valence-corrected chi connectivity index (χ2v) is 7.81. The minimum atomic E-state index is 0.940. The molecule has 0 saturated carbocycles. The van der Waals surface area contributed by atoms with Gasteiger partial charge in [0.2, 0.25) is 5.78 Å². The number of benzene rings is 4. The topological polar surface area (TPSA) is 27.2 Å². The van der Waals surface area contributed by atoms with E-state index in [1.165, 1.54) is 21.8 Å². The normalized spacial score (nSPS) is 12.2. The van der Waals surface area contributed by atoms with Gasteiger partial charge in [-0.2, -0.15) is 0 Å².